The van der Waals surface area contributed by atoms with Crippen LogP contribution in [-0.4, -0.2) is 61.6 Å². The predicted molar refractivity (Wildman–Crippen MR) is 143 cm³/mol. The summed E-state index contributed by atoms with van der Waals surface area (Å²) in [5, 5.41) is 19.0. The molecule has 1 aliphatic heterocycles. The fourth-order valence-corrected chi connectivity index (χ4v) is 6.50. The van der Waals surface area contributed by atoms with Gasteiger partial charge in [0.05, 0.1) is 18.2 Å². The number of hydrogen-bond acceptors (Lipinski definition) is 6. The average Bonchev–Trinajstić information content (AvgIpc) is 2.90. The van der Waals surface area contributed by atoms with E-state index in [1.165, 1.54) is 16.4 Å². The molecule has 3 atom stereocenters. The standard InChI is InChI=1S/C29H32FN3O4S/c1-20-16-33(21(2)19-34)38(35,36)29-12-11-25(24-9-7-22(15-31)8-10-24)14-27(29)37-28(20)18-32(3)17-23-5-4-6-26(30)13-23/h4-14,20-21,28,34H,16-19H2,1-3H3/t20-,21+,28-/m1/s1. The molecule has 1 heterocycles. The van der Waals surface area contributed by atoms with Gasteiger partial charge in [-0.05, 0) is 67.1 Å². The lowest BCUT2D eigenvalue weighted by molar-refractivity contribution is 0.0734. The second kappa shape index (κ2) is 11.6. The molecule has 0 amide bonds. The van der Waals surface area contributed by atoms with Gasteiger partial charge >= 0.3 is 0 Å². The Balaban J connectivity index is 1.72. The number of nitrogens with zero attached hydrogens (tertiary/aromatic N) is 3. The van der Waals surface area contributed by atoms with Crippen molar-refractivity contribution in [1.29, 1.82) is 5.26 Å². The summed E-state index contributed by atoms with van der Waals surface area (Å²) in [4.78, 5) is 2.07. The smallest absolute Gasteiger partial charge is 0.247 e. The number of aliphatic hydroxyl groups is 1. The Kier molecular flexibility index (Phi) is 8.48. The molecule has 7 nitrogen and oxygen atoms in total. The van der Waals surface area contributed by atoms with Crippen LogP contribution in [0.15, 0.2) is 71.6 Å². The maximum Gasteiger partial charge on any atom is 0.247 e. The van der Waals surface area contributed by atoms with Crippen LogP contribution in [0.1, 0.15) is 25.0 Å². The van der Waals surface area contributed by atoms with Gasteiger partial charge in [-0.25, -0.2) is 12.8 Å². The minimum atomic E-state index is -3.95. The van der Waals surface area contributed by atoms with Gasteiger partial charge in [0.2, 0.25) is 10.0 Å². The van der Waals surface area contributed by atoms with Gasteiger partial charge in [0.15, 0.2) is 0 Å². The fourth-order valence-electron chi connectivity index (χ4n) is 4.68. The molecule has 38 heavy (non-hydrogen) atoms. The quantitative estimate of drug-likeness (QED) is 0.484. The van der Waals surface area contributed by atoms with Crippen molar-refractivity contribution in [2.45, 2.75) is 37.4 Å². The van der Waals surface area contributed by atoms with E-state index >= 15 is 0 Å². The first-order chi connectivity index (χ1) is 18.1. The van der Waals surface area contributed by atoms with Gasteiger partial charge in [0, 0.05) is 31.6 Å². The number of hydrogen-bond donors (Lipinski definition) is 1. The summed E-state index contributed by atoms with van der Waals surface area (Å²) < 4.78 is 48.9. The van der Waals surface area contributed by atoms with Crippen molar-refractivity contribution >= 4 is 10.0 Å². The summed E-state index contributed by atoms with van der Waals surface area (Å²) >= 11 is 0. The van der Waals surface area contributed by atoms with E-state index < -0.39 is 16.1 Å². The zero-order valence-corrected chi connectivity index (χ0v) is 22.5. The third-order valence-corrected chi connectivity index (χ3v) is 8.87. The Morgan fingerprint density at radius 1 is 1.16 bits per heavy atom. The Morgan fingerprint density at radius 3 is 2.53 bits per heavy atom. The summed E-state index contributed by atoms with van der Waals surface area (Å²) in [6.07, 6.45) is -0.382. The van der Waals surface area contributed by atoms with Gasteiger partial charge in [-0.1, -0.05) is 37.3 Å². The maximum absolute atomic E-state index is 13.7. The van der Waals surface area contributed by atoms with E-state index in [0.29, 0.717) is 18.7 Å². The Hall–Kier alpha value is -3.29. The lowest BCUT2D eigenvalue weighted by Crippen LogP contribution is -2.49. The number of nitriles is 1. The molecule has 1 N–H and O–H groups in total. The highest BCUT2D eigenvalue weighted by atomic mass is 32.2. The van der Waals surface area contributed by atoms with Crippen LogP contribution in [0, 0.1) is 23.1 Å². The Bertz CT molecular complexity index is 1420. The Labute approximate surface area is 223 Å². The van der Waals surface area contributed by atoms with E-state index in [-0.39, 0.29) is 41.6 Å². The summed E-state index contributed by atoms with van der Waals surface area (Å²) in [6, 6.07) is 19.9. The molecule has 1 aliphatic rings. The van der Waals surface area contributed by atoms with Gasteiger partial charge in [0.25, 0.3) is 0 Å². The molecule has 0 aliphatic carbocycles. The summed E-state index contributed by atoms with van der Waals surface area (Å²) in [5.74, 6) is -0.271. The molecule has 0 saturated heterocycles. The van der Waals surface area contributed by atoms with Crippen LogP contribution >= 0.6 is 0 Å². The highest BCUT2D eigenvalue weighted by molar-refractivity contribution is 7.89. The highest BCUT2D eigenvalue weighted by Crippen LogP contribution is 2.36. The van der Waals surface area contributed by atoms with Crippen LogP contribution < -0.4 is 4.74 Å². The number of aliphatic hydroxyl groups excluding tert-OH is 1. The van der Waals surface area contributed by atoms with Crippen molar-refractivity contribution in [2.24, 2.45) is 5.92 Å². The van der Waals surface area contributed by atoms with Crippen molar-refractivity contribution in [3.05, 3.63) is 83.7 Å². The highest BCUT2D eigenvalue weighted by Gasteiger charge is 2.38. The number of halogens is 1. The molecule has 9 heteroatoms. The van der Waals surface area contributed by atoms with Gasteiger partial charge in [0.1, 0.15) is 22.6 Å². The van der Waals surface area contributed by atoms with E-state index in [9.17, 15) is 17.9 Å². The van der Waals surface area contributed by atoms with Crippen LogP contribution in [0.4, 0.5) is 4.39 Å². The van der Waals surface area contributed by atoms with Crippen molar-refractivity contribution in [3.8, 4) is 22.9 Å². The molecule has 0 unspecified atom stereocenters. The molecule has 0 saturated carbocycles. The van der Waals surface area contributed by atoms with Crippen LogP contribution in [-0.2, 0) is 16.6 Å². The van der Waals surface area contributed by atoms with E-state index in [2.05, 4.69) is 6.07 Å². The summed E-state index contributed by atoms with van der Waals surface area (Å²) in [6.45, 7) is 4.46. The van der Waals surface area contributed by atoms with Crippen LogP contribution in [0.5, 0.6) is 5.75 Å². The third kappa shape index (κ3) is 6.05. The molecule has 200 valence electrons. The van der Waals surface area contributed by atoms with Gasteiger partial charge in [-0.15, -0.1) is 0 Å². The van der Waals surface area contributed by atoms with E-state index in [1.807, 2.05) is 37.1 Å². The molecule has 0 bridgehead atoms. The number of sulfonamides is 1. The molecule has 3 aromatic carbocycles. The van der Waals surface area contributed by atoms with Gasteiger partial charge < -0.3 is 9.84 Å². The molecular formula is C29H32FN3O4S. The summed E-state index contributed by atoms with van der Waals surface area (Å²) in [5.41, 5.74) is 2.93. The number of ether oxygens (including phenoxy) is 1. The Morgan fingerprint density at radius 2 is 1.87 bits per heavy atom. The van der Waals surface area contributed by atoms with E-state index in [1.54, 1.807) is 43.3 Å². The van der Waals surface area contributed by atoms with Crippen molar-refractivity contribution < 1.29 is 22.7 Å². The molecule has 4 rings (SSSR count). The number of fused-ring (bicyclic) bond motifs is 1. The van der Waals surface area contributed by atoms with E-state index in [4.69, 9.17) is 10.00 Å². The molecule has 0 radical (unpaired) electrons. The largest absolute Gasteiger partial charge is 0.487 e. The molecule has 3 aromatic rings. The van der Waals surface area contributed by atoms with Crippen LogP contribution in [0.2, 0.25) is 0 Å². The second-order valence-corrected chi connectivity index (χ2v) is 11.8. The SMILES string of the molecule is C[C@@H]1CN([C@@H](C)CO)S(=O)(=O)c2ccc(-c3ccc(C#N)cc3)cc2O[C@@H]1CN(C)Cc1cccc(F)c1. The van der Waals surface area contributed by atoms with Gasteiger partial charge in [-0.2, -0.15) is 9.57 Å². The topological polar surface area (TPSA) is 93.9 Å². The van der Waals surface area contributed by atoms with Crippen molar-refractivity contribution in [3.63, 3.8) is 0 Å². The van der Waals surface area contributed by atoms with Crippen LogP contribution in [0.25, 0.3) is 11.1 Å². The predicted octanol–water partition coefficient (Wildman–Crippen LogP) is 4.26. The zero-order valence-electron chi connectivity index (χ0n) is 21.7. The van der Waals surface area contributed by atoms with E-state index in [0.717, 1.165) is 16.7 Å². The number of likely N-dealkylation sites (N-methyl/N-ethyl adjacent to an activating group) is 1. The molecule has 0 fully saturated rings. The lowest BCUT2D eigenvalue weighted by atomic mass is 10.0. The zero-order chi connectivity index (χ0) is 27.4. The molecule has 0 spiro atoms. The number of rotatable bonds is 7. The molecule has 0 aromatic heterocycles. The fraction of sp³-hybridized carbons (Fsp3) is 0.345. The minimum Gasteiger partial charge on any atom is -0.487 e. The van der Waals surface area contributed by atoms with Crippen molar-refractivity contribution in [2.75, 3.05) is 26.7 Å². The summed E-state index contributed by atoms with van der Waals surface area (Å²) in [7, 11) is -2.04. The monoisotopic (exact) mass is 537 g/mol. The lowest BCUT2D eigenvalue weighted by Gasteiger charge is -2.37. The average molecular weight is 538 g/mol. The third-order valence-electron chi connectivity index (χ3n) is 6.85. The van der Waals surface area contributed by atoms with Crippen LogP contribution in [0.3, 0.4) is 0 Å². The molecular weight excluding hydrogens is 505 g/mol. The first kappa shape index (κ1) is 27.7. The second-order valence-electron chi connectivity index (χ2n) is 9.92. The first-order valence-corrected chi connectivity index (χ1v) is 13.9. The maximum atomic E-state index is 13.7. The van der Waals surface area contributed by atoms with Crippen molar-refractivity contribution in [1.82, 2.24) is 9.21 Å². The minimum absolute atomic E-state index is 0.0416. The normalized spacial score (nSPS) is 20.0. The first-order valence-electron chi connectivity index (χ1n) is 12.5. The number of benzene rings is 3. The van der Waals surface area contributed by atoms with Gasteiger partial charge in [-0.3, -0.25) is 4.90 Å².